The number of hydrogen-bond donors (Lipinski definition) is 1. The van der Waals surface area contributed by atoms with Crippen LogP contribution in [-0.2, 0) is 10.0 Å². The zero-order valence-corrected chi connectivity index (χ0v) is 19.8. The Labute approximate surface area is 195 Å². The van der Waals surface area contributed by atoms with E-state index in [1.54, 1.807) is 32.5 Å². The van der Waals surface area contributed by atoms with Crippen molar-refractivity contribution in [3.8, 4) is 11.3 Å². The van der Waals surface area contributed by atoms with Crippen molar-refractivity contribution in [2.75, 3.05) is 18.4 Å². The molecule has 166 valence electrons. The van der Waals surface area contributed by atoms with Gasteiger partial charge in [-0.1, -0.05) is 35.9 Å². The van der Waals surface area contributed by atoms with Crippen molar-refractivity contribution in [3.05, 3.63) is 64.6 Å². The van der Waals surface area contributed by atoms with Crippen LogP contribution in [0.1, 0.15) is 18.4 Å². The van der Waals surface area contributed by atoms with Crippen LogP contribution in [0.4, 0.5) is 5.82 Å². The molecule has 32 heavy (non-hydrogen) atoms. The van der Waals surface area contributed by atoms with Crippen molar-refractivity contribution >= 4 is 44.4 Å². The molecule has 1 N–H and O–H groups in total. The molecule has 3 aromatic heterocycles. The fourth-order valence-electron chi connectivity index (χ4n) is 3.97. The van der Waals surface area contributed by atoms with E-state index in [4.69, 9.17) is 16.6 Å². The van der Waals surface area contributed by atoms with Gasteiger partial charge in [-0.05, 0) is 37.3 Å². The number of fused-ring (bicyclic) bond motifs is 1. The zero-order chi connectivity index (χ0) is 22.3. The largest absolute Gasteiger partial charge is 0.367 e. The van der Waals surface area contributed by atoms with Crippen LogP contribution >= 0.6 is 22.9 Å². The number of hydrogen-bond acceptors (Lipinski definition) is 6. The lowest BCUT2D eigenvalue weighted by molar-refractivity contribution is 0.330. The molecule has 1 fully saturated rings. The number of aromatic nitrogens is 3. The van der Waals surface area contributed by atoms with E-state index in [9.17, 15) is 8.42 Å². The maximum absolute atomic E-state index is 12.8. The van der Waals surface area contributed by atoms with Crippen LogP contribution in [0.5, 0.6) is 0 Å². The van der Waals surface area contributed by atoms with Gasteiger partial charge in [-0.15, -0.1) is 11.3 Å². The number of sulfonamides is 1. The number of piperidine rings is 1. The first-order valence-electron chi connectivity index (χ1n) is 10.3. The molecule has 0 unspecified atom stereocenters. The van der Waals surface area contributed by atoms with Gasteiger partial charge in [0.05, 0.1) is 11.9 Å². The highest BCUT2D eigenvalue weighted by Crippen LogP contribution is 2.30. The molecule has 7 nitrogen and oxygen atoms in total. The molecular weight excluding hydrogens is 466 g/mol. The lowest BCUT2D eigenvalue weighted by atomic mass is 10.1. The smallest absolute Gasteiger partial charge is 0.252 e. The highest BCUT2D eigenvalue weighted by atomic mass is 35.5. The second-order valence-electron chi connectivity index (χ2n) is 7.82. The number of rotatable bonds is 5. The average molecular weight is 488 g/mol. The first kappa shape index (κ1) is 21.4. The maximum atomic E-state index is 12.8. The average Bonchev–Trinajstić information content (AvgIpc) is 3.46. The van der Waals surface area contributed by atoms with E-state index >= 15 is 0 Å². The van der Waals surface area contributed by atoms with Crippen LogP contribution in [-0.4, -0.2) is 46.5 Å². The molecule has 0 atom stereocenters. The Morgan fingerprint density at radius 1 is 1.16 bits per heavy atom. The Balaban J connectivity index is 1.40. The Kier molecular flexibility index (Phi) is 5.66. The lowest BCUT2D eigenvalue weighted by Crippen LogP contribution is -2.42. The maximum Gasteiger partial charge on any atom is 0.252 e. The third-order valence-electron chi connectivity index (χ3n) is 5.69. The predicted molar refractivity (Wildman–Crippen MR) is 128 cm³/mol. The highest BCUT2D eigenvalue weighted by Gasteiger charge is 2.30. The summed E-state index contributed by atoms with van der Waals surface area (Å²) >= 11 is 7.68. The normalized spacial score (nSPS) is 15.9. The SMILES string of the molecule is Cc1cnn2c(NC3CCN(S(=O)(=O)c4cccs4)CC3)cc(-c3ccccc3Cl)nc12. The Morgan fingerprint density at radius 3 is 2.66 bits per heavy atom. The summed E-state index contributed by atoms with van der Waals surface area (Å²) in [5, 5.41) is 10.5. The molecule has 0 saturated carbocycles. The third kappa shape index (κ3) is 3.90. The van der Waals surface area contributed by atoms with E-state index < -0.39 is 10.0 Å². The van der Waals surface area contributed by atoms with E-state index in [1.807, 2.05) is 37.3 Å². The first-order chi connectivity index (χ1) is 15.4. The van der Waals surface area contributed by atoms with Crippen molar-refractivity contribution in [1.82, 2.24) is 18.9 Å². The van der Waals surface area contributed by atoms with Crippen molar-refractivity contribution < 1.29 is 8.42 Å². The molecule has 1 aromatic carbocycles. The number of anilines is 1. The first-order valence-corrected chi connectivity index (χ1v) is 13.0. The summed E-state index contributed by atoms with van der Waals surface area (Å²) in [6, 6.07) is 13.1. The summed E-state index contributed by atoms with van der Waals surface area (Å²) < 4.78 is 29.4. The monoisotopic (exact) mass is 487 g/mol. The summed E-state index contributed by atoms with van der Waals surface area (Å²) in [5.41, 5.74) is 3.37. The molecule has 1 saturated heterocycles. The molecule has 0 aliphatic carbocycles. The predicted octanol–water partition coefficient (Wildman–Crippen LogP) is 4.68. The molecule has 0 spiro atoms. The fourth-order valence-corrected chi connectivity index (χ4v) is 6.82. The minimum atomic E-state index is -3.41. The van der Waals surface area contributed by atoms with Crippen molar-refractivity contribution in [1.29, 1.82) is 0 Å². The number of aryl methyl sites for hydroxylation is 1. The van der Waals surface area contributed by atoms with Gasteiger partial charge in [0.25, 0.3) is 10.0 Å². The van der Waals surface area contributed by atoms with E-state index in [1.165, 1.54) is 11.3 Å². The molecule has 10 heteroatoms. The van der Waals surface area contributed by atoms with E-state index in [0.717, 1.165) is 28.3 Å². The molecule has 1 aliphatic heterocycles. The molecule has 0 amide bonds. The number of halogens is 1. The van der Waals surface area contributed by atoms with Gasteiger partial charge in [0.1, 0.15) is 10.0 Å². The summed E-state index contributed by atoms with van der Waals surface area (Å²) in [6.07, 6.45) is 3.20. The van der Waals surface area contributed by atoms with Gasteiger partial charge in [-0.25, -0.2) is 13.4 Å². The number of nitrogens with one attached hydrogen (secondary N) is 1. The minimum Gasteiger partial charge on any atom is -0.367 e. The van der Waals surface area contributed by atoms with Crippen molar-refractivity contribution in [3.63, 3.8) is 0 Å². The van der Waals surface area contributed by atoms with Crippen LogP contribution in [0.3, 0.4) is 0 Å². The van der Waals surface area contributed by atoms with Gasteiger partial charge < -0.3 is 5.32 Å². The topological polar surface area (TPSA) is 79.6 Å². The molecule has 0 bridgehead atoms. The van der Waals surface area contributed by atoms with Gasteiger partial charge in [0.2, 0.25) is 0 Å². The Hall–Kier alpha value is -2.46. The fraction of sp³-hybridized carbons (Fsp3) is 0.273. The summed E-state index contributed by atoms with van der Waals surface area (Å²) in [6.45, 7) is 2.92. The third-order valence-corrected chi connectivity index (χ3v) is 9.29. The van der Waals surface area contributed by atoms with Crippen molar-refractivity contribution in [2.24, 2.45) is 0 Å². The van der Waals surface area contributed by atoms with Crippen LogP contribution in [0, 0.1) is 6.92 Å². The van der Waals surface area contributed by atoms with Crippen molar-refractivity contribution in [2.45, 2.75) is 30.0 Å². The van der Waals surface area contributed by atoms with E-state index in [0.29, 0.717) is 35.2 Å². The second kappa shape index (κ2) is 8.47. The van der Waals surface area contributed by atoms with Crippen LogP contribution in [0.2, 0.25) is 5.02 Å². The quantitative estimate of drug-likeness (QED) is 0.442. The number of benzene rings is 1. The molecule has 5 rings (SSSR count). The molecule has 4 aromatic rings. The van der Waals surface area contributed by atoms with Gasteiger partial charge >= 0.3 is 0 Å². The molecular formula is C22H22ClN5O2S2. The summed E-state index contributed by atoms with van der Waals surface area (Å²) in [7, 11) is -3.41. The minimum absolute atomic E-state index is 0.124. The number of nitrogens with zero attached hydrogens (tertiary/aromatic N) is 4. The molecule has 0 radical (unpaired) electrons. The van der Waals surface area contributed by atoms with Gasteiger partial charge in [0.15, 0.2) is 5.65 Å². The van der Waals surface area contributed by atoms with Crippen LogP contribution in [0.15, 0.2) is 58.3 Å². The van der Waals surface area contributed by atoms with Gasteiger partial charge in [-0.2, -0.15) is 13.9 Å². The van der Waals surface area contributed by atoms with E-state index in [-0.39, 0.29) is 6.04 Å². The standard InChI is InChI=1S/C22H22ClN5O2S2/c1-15-14-24-28-20(13-19(26-22(15)28)17-5-2-3-6-18(17)23)25-16-8-10-27(11-9-16)32(29,30)21-7-4-12-31-21/h2-7,12-14,16,25H,8-11H2,1H3. The Bertz CT molecular complexity index is 1360. The summed E-state index contributed by atoms with van der Waals surface area (Å²) in [5.74, 6) is 0.817. The highest BCUT2D eigenvalue weighted by molar-refractivity contribution is 7.91. The van der Waals surface area contributed by atoms with Gasteiger partial charge in [0, 0.05) is 41.3 Å². The second-order valence-corrected chi connectivity index (χ2v) is 11.3. The van der Waals surface area contributed by atoms with Crippen LogP contribution in [0.25, 0.3) is 16.9 Å². The molecule has 1 aliphatic rings. The van der Waals surface area contributed by atoms with Gasteiger partial charge in [-0.3, -0.25) is 0 Å². The Morgan fingerprint density at radius 2 is 1.94 bits per heavy atom. The van der Waals surface area contributed by atoms with E-state index in [2.05, 4.69) is 10.4 Å². The number of thiophene rings is 1. The zero-order valence-electron chi connectivity index (χ0n) is 17.4. The lowest BCUT2D eigenvalue weighted by Gasteiger charge is -2.31. The summed E-state index contributed by atoms with van der Waals surface area (Å²) in [4.78, 5) is 4.78. The molecule has 4 heterocycles. The van der Waals surface area contributed by atoms with Crippen LogP contribution < -0.4 is 5.32 Å².